The number of phenolic OH excluding ortho intramolecular Hbond substituents is 1. The Hall–Kier alpha value is -1.95. The largest absolute Gasteiger partial charge is 0.504 e. The van der Waals surface area contributed by atoms with Crippen LogP contribution in [0.25, 0.3) is 6.08 Å². The van der Waals surface area contributed by atoms with Crippen molar-refractivity contribution >= 4 is 28.9 Å². The maximum Gasteiger partial charge on any atom is 0.289 e. The molecule has 0 spiro atoms. The third-order valence-electron chi connectivity index (χ3n) is 2.29. The number of carbonyl (C=O) groups is 1. The molecule has 18 heavy (non-hydrogen) atoms. The molecular formula is C12H12N2O3S. The second kappa shape index (κ2) is 5.14. The van der Waals surface area contributed by atoms with Gasteiger partial charge in [0, 0.05) is 5.56 Å². The summed E-state index contributed by atoms with van der Waals surface area (Å²) >= 11 is 0.931. The number of amidine groups is 1. The highest BCUT2D eigenvalue weighted by Gasteiger charge is 2.22. The van der Waals surface area contributed by atoms with Crippen molar-refractivity contribution in [2.75, 3.05) is 6.61 Å². The highest BCUT2D eigenvalue weighted by atomic mass is 32.2. The van der Waals surface area contributed by atoms with E-state index in [1.54, 1.807) is 24.3 Å². The molecule has 1 amide bonds. The fourth-order valence-electron chi connectivity index (χ4n) is 1.51. The predicted octanol–water partition coefficient (Wildman–Crippen LogP) is 2.57. The summed E-state index contributed by atoms with van der Waals surface area (Å²) in [6.07, 6.45) is 1.59. The molecule has 0 radical (unpaired) electrons. The molecule has 6 heteroatoms. The van der Waals surface area contributed by atoms with Gasteiger partial charge in [-0.15, -0.1) is 0 Å². The maximum atomic E-state index is 11.1. The van der Waals surface area contributed by atoms with Gasteiger partial charge in [0.2, 0.25) is 0 Å². The van der Waals surface area contributed by atoms with Crippen molar-refractivity contribution in [2.24, 2.45) is 0 Å². The number of aromatic hydroxyl groups is 1. The van der Waals surface area contributed by atoms with E-state index in [4.69, 9.17) is 10.1 Å². The lowest BCUT2D eigenvalue weighted by atomic mass is 10.1. The minimum Gasteiger partial charge on any atom is -0.504 e. The first-order chi connectivity index (χ1) is 8.61. The Kier molecular flexibility index (Phi) is 3.57. The monoisotopic (exact) mass is 264 g/mol. The standard InChI is InChI=1S/C12H12N2O3S/c1-2-17-8-5-3-4-7(10(8)15)6-9-11(13)14-12(16)18-9/h3-6,15H,2H2,1H3,(H2,13,14,16)/b9-6+. The van der Waals surface area contributed by atoms with E-state index in [-0.39, 0.29) is 16.8 Å². The molecule has 2 rings (SSSR count). The van der Waals surface area contributed by atoms with Crippen molar-refractivity contribution in [3.63, 3.8) is 0 Å². The molecule has 0 atom stereocenters. The molecule has 0 unspecified atom stereocenters. The first kappa shape index (κ1) is 12.5. The lowest BCUT2D eigenvalue weighted by Crippen LogP contribution is -2.17. The first-order valence-electron chi connectivity index (χ1n) is 5.36. The molecule has 5 nitrogen and oxygen atoms in total. The van der Waals surface area contributed by atoms with Crippen LogP contribution in [0, 0.1) is 5.41 Å². The van der Waals surface area contributed by atoms with Crippen LogP contribution in [0.4, 0.5) is 4.79 Å². The fourth-order valence-corrected chi connectivity index (χ4v) is 2.20. The number of rotatable bonds is 3. The average molecular weight is 264 g/mol. The number of para-hydroxylation sites is 1. The Bertz CT molecular complexity index is 540. The van der Waals surface area contributed by atoms with Crippen molar-refractivity contribution < 1.29 is 14.6 Å². The van der Waals surface area contributed by atoms with Crippen molar-refractivity contribution in [1.29, 1.82) is 5.41 Å². The average Bonchev–Trinajstić information content (AvgIpc) is 2.63. The van der Waals surface area contributed by atoms with Gasteiger partial charge in [0.25, 0.3) is 5.24 Å². The molecule has 3 N–H and O–H groups in total. The third kappa shape index (κ3) is 2.48. The van der Waals surface area contributed by atoms with Gasteiger partial charge in [-0.1, -0.05) is 12.1 Å². The highest BCUT2D eigenvalue weighted by molar-refractivity contribution is 8.18. The number of carbonyl (C=O) groups excluding carboxylic acids is 1. The maximum absolute atomic E-state index is 11.1. The first-order valence-corrected chi connectivity index (χ1v) is 6.17. The van der Waals surface area contributed by atoms with Gasteiger partial charge in [-0.2, -0.15) is 0 Å². The molecule has 0 aromatic heterocycles. The summed E-state index contributed by atoms with van der Waals surface area (Å²) in [7, 11) is 0. The van der Waals surface area contributed by atoms with E-state index in [9.17, 15) is 9.90 Å². The van der Waals surface area contributed by atoms with Crippen LogP contribution < -0.4 is 10.1 Å². The predicted molar refractivity (Wildman–Crippen MR) is 71.1 cm³/mol. The molecule has 0 saturated carbocycles. The lowest BCUT2D eigenvalue weighted by molar-refractivity contribution is 0.265. The molecule has 0 aliphatic carbocycles. The second-order valence-corrected chi connectivity index (χ2v) is 4.54. The minimum atomic E-state index is -0.285. The number of ether oxygens (including phenoxy) is 1. The van der Waals surface area contributed by atoms with Crippen LogP contribution in [0.15, 0.2) is 23.1 Å². The zero-order valence-electron chi connectivity index (χ0n) is 9.69. The van der Waals surface area contributed by atoms with E-state index in [2.05, 4.69) is 5.32 Å². The van der Waals surface area contributed by atoms with Gasteiger partial charge in [-0.3, -0.25) is 10.2 Å². The molecule has 0 bridgehead atoms. The zero-order chi connectivity index (χ0) is 13.1. The van der Waals surface area contributed by atoms with Gasteiger partial charge in [-0.25, -0.2) is 0 Å². The number of phenols is 1. The molecule has 1 heterocycles. The Balaban J connectivity index is 2.35. The van der Waals surface area contributed by atoms with E-state index in [0.29, 0.717) is 22.8 Å². The van der Waals surface area contributed by atoms with E-state index < -0.39 is 0 Å². The minimum absolute atomic E-state index is 0.0135. The summed E-state index contributed by atoms with van der Waals surface area (Å²) < 4.78 is 5.27. The summed E-state index contributed by atoms with van der Waals surface area (Å²) in [5.41, 5.74) is 0.518. The van der Waals surface area contributed by atoms with E-state index in [0.717, 1.165) is 11.8 Å². The van der Waals surface area contributed by atoms with Crippen LogP contribution in [-0.2, 0) is 0 Å². The Morgan fingerprint density at radius 1 is 1.56 bits per heavy atom. The Labute approximate surface area is 108 Å². The Morgan fingerprint density at radius 2 is 2.33 bits per heavy atom. The summed E-state index contributed by atoms with van der Waals surface area (Å²) in [6.45, 7) is 2.29. The normalized spacial score (nSPS) is 17.1. The zero-order valence-corrected chi connectivity index (χ0v) is 10.5. The van der Waals surface area contributed by atoms with Gasteiger partial charge in [0.1, 0.15) is 5.84 Å². The topological polar surface area (TPSA) is 82.4 Å². The molecule has 1 aromatic rings. The SMILES string of the molecule is CCOc1cccc(/C=C2/SC(=O)NC2=N)c1O. The van der Waals surface area contributed by atoms with Crippen LogP contribution in [0.1, 0.15) is 12.5 Å². The number of amides is 1. The van der Waals surface area contributed by atoms with E-state index in [1.165, 1.54) is 0 Å². The molecule has 1 aliphatic rings. The molecule has 94 valence electrons. The van der Waals surface area contributed by atoms with Crippen molar-refractivity contribution in [3.8, 4) is 11.5 Å². The van der Waals surface area contributed by atoms with Crippen LogP contribution in [0.5, 0.6) is 11.5 Å². The Morgan fingerprint density at radius 3 is 2.94 bits per heavy atom. The molecular weight excluding hydrogens is 252 g/mol. The molecule has 1 aromatic carbocycles. The van der Waals surface area contributed by atoms with Gasteiger partial charge in [0.05, 0.1) is 11.5 Å². The number of benzene rings is 1. The molecule has 1 aliphatic heterocycles. The fraction of sp³-hybridized carbons (Fsp3) is 0.167. The number of nitrogens with one attached hydrogen (secondary N) is 2. The summed E-state index contributed by atoms with van der Waals surface area (Å²) in [5, 5.41) is 19.6. The van der Waals surface area contributed by atoms with Crippen molar-refractivity contribution in [2.45, 2.75) is 6.92 Å². The molecule has 1 saturated heterocycles. The van der Waals surface area contributed by atoms with Crippen molar-refractivity contribution in [3.05, 3.63) is 28.7 Å². The van der Waals surface area contributed by atoms with Crippen molar-refractivity contribution in [1.82, 2.24) is 5.32 Å². The summed E-state index contributed by atoms with van der Waals surface area (Å²) in [6, 6.07) is 5.11. The van der Waals surface area contributed by atoms with Crippen LogP contribution in [-0.4, -0.2) is 22.8 Å². The highest BCUT2D eigenvalue weighted by Crippen LogP contribution is 2.34. The number of thioether (sulfide) groups is 1. The second-order valence-electron chi connectivity index (χ2n) is 3.53. The van der Waals surface area contributed by atoms with E-state index >= 15 is 0 Å². The van der Waals surface area contributed by atoms with E-state index in [1.807, 2.05) is 6.92 Å². The van der Waals surface area contributed by atoms with Crippen LogP contribution in [0.3, 0.4) is 0 Å². The van der Waals surface area contributed by atoms with Crippen LogP contribution in [0.2, 0.25) is 0 Å². The van der Waals surface area contributed by atoms with Gasteiger partial charge < -0.3 is 15.2 Å². The quantitative estimate of drug-likeness (QED) is 0.783. The van der Waals surface area contributed by atoms with Crippen LogP contribution >= 0.6 is 11.8 Å². The third-order valence-corrected chi connectivity index (χ3v) is 3.12. The number of hydrogen-bond acceptors (Lipinski definition) is 5. The summed E-state index contributed by atoms with van der Waals surface area (Å²) in [4.78, 5) is 11.6. The van der Waals surface area contributed by atoms with Gasteiger partial charge in [-0.05, 0) is 30.8 Å². The smallest absolute Gasteiger partial charge is 0.289 e. The summed E-state index contributed by atoms with van der Waals surface area (Å²) in [5.74, 6) is 0.450. The number of hydrogen-bond donors (Lipinski definition) is 3. The van der Waals surface area contributed by atoms with Gasteiger partial charge >= 0.3 is 0 Å². The lowest BCUT2D eigenvalue weighted by Gasteiger charge is -2.07. The van der Waals surface area contributed by atoms with Gasteiger partial charge in [0.15, 0.2) is 11.5 Å². The molecule has 1 fully saturated rings.